The molecule has 2 unspecified atom stereocenters. The first-order chi connectivity index (χ1) is 15.3. The normalized spacial score (nSPS) is 19.2. The SMILES string of the molecule is C/N=C(\N=C/CC(O)C(F)(F)F)N1CCCCN(C(C)c2ccc3cccnc3n2)CC1. The summed E-state index contributed by atoms with van der Waals surface area (Å²) in [6.45, 7) is 5.15. The van der Waals surface area contributed by atoms with Crippen molar-refractivity contribution in [3.8, 4) is 0 Å². The minimum atomic E-state index is -4.65. The number of alkyl halides is 3. The average molecular weight is 451 g/mol. The molecule has 0 aromatic carbocycles. The van der Waals surface area contributed by atoms with E-state index in [4.69, 9.17) is 10.1 Å². The quantitative estimate of drug-likeness (QED) is 0.570. The maximum Gasteiger partial charge on any atom is 0.414 e. The van der Waals surface area contributed by atoms with E-state index < -0.39 is 18.7 Å². The van der Waals surface area contributed by atoms with Gasteiger partial charge >= 0.3 is 6.18 Å². The van der Waals surface area contributed by atoms with Gasteiger partial charge in [-0.05, 0) is 50.6 Å². The predicted octanol–water partition coefficient (Wildman–Crippen LogP) is 3.46. The van der Waals surface area contributed by atoms with Crippen molar-refractivity contribution in [2.24, 2.45) is 9.98 Å². The number of aliphatic hydroxyl groups excluding tert-OH is 1. The van der Waals surface area contributed by atoms with Crippen molar-refractivity contribution in [3.63, 3.8) is 0 Å². The maximum absolute atomic E-state index is 12.5. The number of pyridine rings is 2. The molecule has 1 fully saturated rings. The molecule has 32 heavy (non-hydrogen) atoms. The average Bonchev–Trinajstić information content (AvgIpc) is 2.76. The van der Waals surface area contributed by atoms with E-state index in [1.807, 2.05) is 29.2 Å². The maximum atomic E-state index is 12.5. The Morgan fingerprint density at radius 2 is 1.97 bits per heavy atom. The monoisotopic (exact) mass is 450 g/mol. The highest BCUT2D eigenvalue weighted by Crippen LogP contribution is 2.23. The first-order valence-corrected chi connectivity index (χ1v) is 10.7. The lowest BCUT2D eigenvalue weighted by Gasteiger charge is -2.34. The van der Waals surface area contributed by atoms with Gasteiger partial charge in [0.2, 0.25) is 5.96 Å². The minimum Gasteiger partial charge on any atom is -0.383 e. The van der Waals surface area contributed by atoms with Crippen LogP contribution in [0.15, 0.2) is 40.4 Å². The number of halogens is 3. The first kappa shape index (κ1) is 24.1. The van der Waals surface area contributed by atoms with E-state index in [0.717, 1.165) is 55.4 Å². The number of nitrogens with zero attached hydrogens (tertiary/aromatic N) is 6. The van der Waals surface area contributed by atoms with Crippen LogP contribution in [-0.4, -0.2) is 82.6 Å². The van der Waals surface area contributed by atoms with Crippen LogP contribution in [0.5, 0.6) is 0 Å². The van der Waals surface area contributed by atoms with Crippen molar-refractivity contribution in [2.45, 2.75) is 44.5 Å². The Labute approximate surface area is 185 Å². The van der Waals surface area contributed by atoms with Crippen LogP contribution in [0.1, 0.15) is 37.9 Å². The lowest BCUT2D eigenvalue weighted by atomic mass is 10.1. The molecule has 10 heteroatoms. The molecule has 7 nitrogen and oxygen atoms in total. The third-order valence-corrected chi connectivity index (χ3v) is 5.64. The fourth-order valence-electron chi connectivity index (χ4n) is 3.71. The van der Waals surface area contributed by atoms with Crippen molar-refractivity contribution >= 4 is 23.2 Å². The van der Waals surface area contributed by atoms with Crippen molar-refractivity contribution in [1.29, 1.82) is 0 Å². The van der Waals surface area contributed by atoms with Crippen LogP contribution < -0.4 is 0 Å². The van der Waals surface area contributed by atoms with Crippen LogP contribution in [0.3, 0.4) is 0 Å². The van der Waals surface area contributed by atoms with Gasteiger partial charge in [0.05, 0.1) is 5.69 Å². The summed E-state index contributed by atoms with van der Waals surface area (Å²) in [7, 11) is 1.57. The Hall–Kier alpha value is -2.59. The Kier molecular flexibility index (Phi) is 8.14. The molecule has 3 rings (SSSR count). The third-order valence-electron chi connectivity index (χ3n) is 5.64. The second-order valence-corrected chi connectivity index (χ2v) is 7.82. The molecule has 1 aliphatic rings. The summed E-state index contributed by atoms with van der Waals surface area (Å²) < 4.78 is 37.5. The van der Waals surface area contributed by atoms with Gasteiger partial charge in [0.25, 0.3) is 0 Å². The topological polar surface area (TPSA) is 77.2 Å². The summed E-state index contributed by atoms with van der Waals surface area (Å²) in [5, 5.41) is 10.1. The number of aromatic nitrogens is 2. The van der Waals surface area contributed by atoms with Gasteiger partial charge in [-0.1, -0.05) is 0 Å². The van der Waals surface area contributed by atoms with E-state index in [2.05, 4.69) is 26.8 Å². The molecule has 2 aromatic heterocycles. The molecule has 0 radical (unpaired) electrons. The highest BCUT2D eigenvalue weighted by molar-refractivity contribution is 5.87. The second-order valence-electron chi connectivity index (χ2n) is 7.82. The Bertz CT molecular complexity index is 949. The highest BCUT2D eigenvalue weighted by Gasteiger charge is 2.37. The van der Waals surface area contributed by atoms with Gasteiger partial charge in [-0.25, -0.2) is 15.0 Å². The number of guanidine groups is 1. The standard InChI is InChI=1S/C22H29F3N6O/c1-16(18-8-7-17-6-5-10-27-20(17)29-18)30-12-3-4-13-31(15-14-30)21(26-2)28-11-9-19(32)22(23,24)25/h5-8,10-11,16,19,32H,3-4,9,12-15H2,1-2H3/b26-21+,28-11-. The lowest BCUT2D eigenvalue weighted by Crippen LogP contribution is -2.42. The number of rotatable bonds is 4. The zero-order valence-electron chi connectivity index (χ0n) is 18.3. The zero-order valence-corrected chi connectivity index (χ0v) is 18.3. The van der Waals surface area contributed by atoms with Gasteiger partial charge in [0.15, 0.2) is 11.8 Å². The van der Waals surface area contributed by atoms with Gasteiger partial charge in [-0.3, -0.25) is 9.89 Å². The molecule has 0 saturated carbocycles. The van der Waals surface area contributed by atoms with Gasteiger partial charge in [-0.15, -0.1) is 0 Å². The van der Waals surface area contributed by atoms with Crippen molar-refractivity contribution in [3.05, 3.63) is 36.2 Å². The van der Waals surface area contributed by atoms with Crippen LogP contribution in [0.25, 0.3) is 11.0 Å². The fourth-order valence-corrected chi connectivity index (χ4v) is 3.71. The number of hydrogen-bond donors (Lipinski definition) is 1. The molecule has 1 N–H and O–H groups in total. The van der Waals surface area contributed by atoms with E-state index in [1.54, 1.807) is 13.2 Å². The number of aliphatic imine (C=N–C) groups is 2. The van der Waals surface area contributed by atoms with Gasteiger partial charge < -0.3 is 10.0 Å². The summed E-state index contributed by atoms with van der Waals surface area (Å²) >= 11 is 0. The van der Waals surface area contributed by atoms with Crippen LogP contribution in [0, 0.1) is 0 Å². The van der Waals surface area contributed by atoms with E-state index in [1.165, 1.54) is 0 Å². The molecular formula is C22H29F3N6O. The van der Waals surface area contributed by atoms with Crippen molar-refractivity contribution in [2.75, 3.05) is 33.2 Å². The smallest absolute Gasteiger partial charge is 0.383 e. The number of fused-ring (bicyclic) bond motifs is 1. The van der Waals surface area contributed by atoms with Crippen LogP contribution in [0.2, 0.25) is 0 Å². The Balaban J connectivity index is 1.65. The van der Waals surface area contributed by atoms with Gasteiger partial charge in [0.1, 0.15) is 0 Å². The molecule has 3 heterocycles. The largest absolute Gasteiger partial charge is 0.414 e. The van der Waals surface area contributed by atoms with Crippen molar-refractivity contribution in [1.82, 2.24) is 19.8 Å². The summed E-state index contributed by atoms with van der Waals surface area (Å²) in [4.78, 5) is 21.6. The van der Waals surface area contributed by atoms with E-state index in [9.17, 15) is 13.2 Å². The minimum absolute atomic E-state index is 0.0915. The molecule has 0 bridgehead atoms. The Morgan fingerprint density at radius 1 is 1.19 bits per heavy atom. The lowest BCUT2D eigenvalue weighted by molar-refractivity contribution is -0.200. The molecule has 1 saturated heterocycles. The molecule has 2 aromatic rings. The van der Waals surface area contributed by atoms with E-state index in [-0.39, 0.29) is 6.04 Å². The molecule has 0 aliphatic carbocycles. The molecule has 174 valence electrons. The molecule has 2 atom stereocenters. The summed E-state index contributed by atoms with van der Waals surface area (Å²) in [6, 6.07) is 8.02. The van der Waals surface area contributed by atoms with Crippen molar-refractivity contribution < 1.29 is 18.3 Å². The molecule has 1 aliphatic heterocycles. The highest BCUT2D eigenvalue weighted by atomic mass is 19.4. The first-order valence-electron chi connectivity index (χ1n) is 10.7. The van der Waals surface area contributed by atoms with E-state index in [0.29, 0.717) is 12.5 Å². The van der Waals surface area contributed by atoms with Gasteiger partial charge in [-0.2, -0.15) is 13.2 Å². The number of hydrogen-bond acceptors (Lipinski definition) is 5. The third kappa shape index (κ3) is 6.23. The predicted molar refractivity (Wildman–Crippen MR) is 119 cm³/mol. The molecule has 0 amide bonds. The number of aliphatic hydroxyl groups is 1. The van der Waals surface area contributed by atoms with E-state index >= 15 is 0 Å². The van der Waals surface area contributed by atoms with Crippen LogP contribution >= 0.6 is 0 Å². The van der Waals surface area contributed by atoms with Crippen LogP contribution in [0.4, 0.5) is 13.2 Å². The zero-order chi connectivity index (χ0) is 23.1. The van der Waals surface area contributed by atoms with Crippen LogP contribution in [-0.2, 0) is 0 Å². The van der Waals surface area contributed by atoms with Gasteiger partial charge in [0, 0.05) is 56.9 Å². The Morgan fingerprint density at radius 3 is 2.72 bits per heavy atom. The summed E-state index contributed by atoms with van der Waals surface area (Å²) in [5.74, 6) is 0.377. The second kappa shape index (κ2) is 10.8. The summed E-state index contributed by atoms with van der Waals surface area (Å²) in [5.41, 5.74) is 1.67. The summed E-state index contributed by atoms with van der Waals surface area (Å²) in [6.07, 6.45) is -2.96. The molecular weight excluding hydrogens is 421 g/mol. The molecule has 0 spiro atoms. The fraction of sp³-hybridized carbons (Fsp3) is 0.545.